The summed E-state index contributed by atoms with van der Waals surface area (Å²) in [6.07, 6.45) is -35.1. The molecule has 0 aliphatic carbocycles. The Balaban J connectivity index is 1.62. The molecule has 0 saturated carbocycles. The van der Waals surface area contributed by atoms with Crippen molar-refractivity contribution in [2.75, 3.05) is 20.3 Å². The fourth-order valence-corrected chi connectivity index (χ4v) is 6.54. The molecule has 25 nitrogen and oxygen atoms in total. The van der Waals surface area contributed by atoms with Crippen LogP contribution in [0.4, 0.5) is 0 Å². The molecule has 0 spiro atoms. The van der Waals surface area contributed by atoms with E-state index in [1.54, 1.807) is 0 Å². The molecule has 20 atom stereocenters. The van der Waals surface area contributed by atoms with Crippen LogP contribution in [0.5, 0.6) is 0 Å². The average molecular weight is 791 g/mol. The van der Waals surface area contributed by atoms with Gasteiger partial charge in [0.05, 0.1) is 13.2 Å². The number of aliphatic hydroxyl groups is 9. The first-order valence-electron chi connectivity index (χ1n) is 16.5. The molecule has 4 rings (SSSR count). The number of carbonyl (C=O) groups is 4. The molecule has 2 amide bonds. The summed E-state index contributed by atoms with van der Waals surface area (Å²) in [4.78, 5) is 48.5. The first-order valence-corrected chi connectivity index (χ1v) is 16.5. The van der Waals surface area contributed by atoms with Crippen LogP contribution in [0.2, 0.25) is 0 Å². The summed E-state index contributed by atoms with van der Waals surface area (Å²) >= 11 is 0. The third-order valence-corrected chi connectivity index (χ3v) is 9.19. The zero-order chi connectivity index (χ0) is 40.3. The van der Waals surface area contributed by atoms with Gasteiger partial charge in [0, 0.05) is 21.0 Å². The number of hydrogen-bond acceptors (Lipinski definition) is 21. The summed E-state index contributed by atoms with van der Waals surface area (Å²) in [6, 6.07) is -3.34. The van der Waals surface area contributed by atoms with E-state index >= 15 is 0 Å². The Kier molecular flexibility index (Phi) is 15.0. The van der Waals surface area contributed by atoms with Gasteiger partial charge in [0.15, 0.2) is 37.4 Å². The minimum Gasteiger partial charge on any atom is -0.479 e. The Bertz CT molecular complexity index is 1310. The van der Waals surface area contributed by atoms with Crippen LogP contribution in [0.15, 0.2) is 0 Å². The smallest absolute Gasteiger partial charge is 0.335 e. The van der Waals surface area contributed by atoms with Gasteiger partial charge in [-0.05, 0) is 0 Å². The van der Waals surface area contributed by atoms with Crippen LogP contribution >= 0.6 is 0 Å². The molecule has 4 aliphatic heterocycles. The number of carbonyl (C=O) groups excluding carboxylic acids is 2. The largest absolute Gasteiger partial charge is 0.479 e. The summed E-state index contributed by atoms with van der Waals surface area (Å²) in [5.41, 5.74) is 0. The highest BCUT2D eigenvalue weighted by atomic mass is 16.8. The number of aliphatic hydroxyl groups excluding tert-OH is 9. The van der Waals surface area contributed by atoms with E-state index in [1.165, 1.54) is 0 Å². The van der Waals surface area contributed by atoms with Crippen molar-refractivity contribution in [1.29, 1.82) is 0 Å². The second-order valence-corrected chi connectivity index (χ2v) is 12.9. The molecule has 0 aromatic heterocycles. The standard InChI is InChI=1S/C29H46N2O23/c1-6(34)30-10-18(12(36)8(4-32)48-26(10)46)50-29-17(41)15(39)21(23(54-29)25(44)45)52-27-11(31-7(2)35)19(13(37)9(5-33)49-27)51-28-16(40)14(38)20(47-3)22(53-28)24(42)43/h8-23,26-29,32-33,36-41,46H,4-5H2,1-3H3,(H,30,34)(H,31,35)(H,42,43)(H,44,45). The Hall–Kier alpha value is -2.80. The van der Waals surface area contributed by atoms with Crippen molar-refractivity contribution in [2.24, 2.45) is 0 Å². The van der Waals surface area contributed by atoms with Gasteiger partial charge < -0.3 is 105 Å². The van der Waals surface area contributed by atoms with E-state index in [-0.39, 0.29) is 0 Å². The van der Waals surface area contributed by atoms with Crippen molar-refractivity contribution < 1.29 is 113 Å². The highest BCUT2D eigenvalue weighted by Gasteiger charge is 2.57. The Labute approximate surface area is 304 Å². The maximum Gasteiger partial charge on any atom is 0.335 e. The van der Waals surface area contributed by atoms with Crippen molar-refractivity contribution in [3.63, 3.8) is 0 Å². The lowest BCUT2D eigenvalue weighted by Gasteiger charge is -2.49. The molecule has 0 bridgehead atoms. The van der Waals surface area contributed by atoms with E-state index in [4.69, 9.17) is 37.9 Å². The summed E-state index contributed by atoms with van der Waals surface area (Å²) in [5, 5.41) is 120. The Morgan fingerprint density at radius 3 is 1.39 bits per heavy atom. The topological polar surface area (TPSA) is 389 Å². The van der Waals surface area contributed by atoms with Gasteiger partial charge in [0.25, 0.3) is 0 Å². The minimum atomic E-state index is -2.29. The molecule has 4 fully saturated rings. The SMILES string of the molecule is COC1C(C(=O)O)OC(OC2C(O)C(CO)OC(OC3C(C(=O)O)OC(OC4C(O)C(CO)OC(O)C4NC(C)=O)C(O)C3O)C2NC(C)=O)C(O)C1O. The van der Waals surface area contributed by atoms with Crippen molar-refractivity contribution in [3.05, 3.63) is 0 Å². The van der Waals surface area contributed by atoms with Gasteiger partial charge in [-0.3, -0.25) is 9.59 Å². The summed E-state index contributed by atoms with van der Waals surface area (Å²) < 4.78 is 43.4. The highest BCUT2D eigenvalue weighted by molar-refractivity contribution is 5.74. The molecule has 0 radical (unpaired) electrons. The maximum absolute atomic E-state index is 12.5. The molecule has 4 heterocycles. The van der Waals surface area contributed by atoms with Crippen LogP contribution in [0.25, 0.3) is 0 Å². The summed E-state index contributed by atoms with van der Waals surface area (Å²) in [6.45, 7) is 0.170. The van der Waals surface area contributed by atoms with Gasteiger partial charge in [-0.15, -0.1) is 0 Å². The number of amides is 2. The van der Waals surface area contributed by atoms with Crippen molar-refractivity contribution in [1.82, 2.24) is 10.6 Å². The molecule has 20 unspecified atom stereocenters. The molecular formula is C29H46N2O23. The van der Waals surface area contributed by atoms with E-state index in [1.807, 2.05) is 0 Å². The lowest BCUT2D eigenvalue weighted by molar-refractivity contribution is -0.369. The number of rotatable bonds is 13. The number of carboxylic acid groups (broad SMARTS) is 2. The van der Waals surface area contributed by atoms with Gasteiger partial charge in [-0.1, -0.05) is 0 Å². The van der Waals surface area contributed by atoms with Crippen LogP contribution < -0.4 is 10.6 Å². The molecule has 25 heteroatoms. The van der Waals surface area contributed by atoms with E-state index in [0.717, 1.165) is 21.0 Å². The number of aliphatic carboxylic acids is 2. The molecule has 54 heavy (non-hydrogen) atoms. The van der Waals surface area contributed by atoms with Gasteiger partial charge >= 0.3 is 11.9 Å². The van der Waals surface area contributed by atoms with Crippen molar-refractivity contribution >= 4 is 23.8 Å². The number of nitrogens with one attached hydrogen (secondary N) is 2. The van der Waals surface area contributed by atoms with Gasteiger partial charge in [-0.25, -0.2) is 9.59 Å². The van der Waals surface area contributed by atoms with Gasteiger partial charge in [0.2, 0.25) is 11.8 Å². The quantitative estimate of drug-likeness (QED) is 0.0823. The van der Waals surface area contributed by atoms with Gasteiger partial charge in [0.1, 0.15) is 85.3 Å². The first kappa shape index (κ1) is 43.9. The zero-order valence-corrected chi connectivity index (χ0v) is 28.8. The second-order valence-electron chi connectivity index (χ2n) is 12.9. The van der Waals surface area contributed by atoms with E-state index in [0.29, 0.717) is 0 Å². The molecule has 0 aromatic rings. The van der Waals surface area contributed by atoms with Crippen LogP contribution in [0, 0.1) is 0 Å². The molecule has 13 N–H and O–H groups in total. The fraction of sp³-hybridized carbons (Fsp3) is 0.862. The van der Waals surface area contributed by atoms with E-state index in [9.17, 15) is 75.3 Å². The second kappa shape index (κ2) is 18.4. The molecule has 0 aromatic carbocycles. The molecular weight excluding hydrogens is 744 g/mol. The number of hydrogen-bond donors (Lipinski definition) is 13. The first-order chi connectivity index (χ1) is 25.4. The molecule has 4 saturated heterocycles. The third kappa shape index (κ3) is 9.24. The van der Waals surface area contributed by atoms with Crippen LogP contribution in [0.1, 0.15) is 13.8 Å². The molecule has 4 aliphatic rings. The van der Waals surface area contributed by atoms with Crippen LogP contribution in [-0.2, 0) is 57.1 Å². The average Bonchev–Trinajstić information content (AvgIpc) is 3.10. The van der Waals surface area contributed by atoms with Crippen LogP contribution in [-0.4, -0.2) is 223 Å². The highest BCUT2D eigenvalue weighted by Crippen LogP contribution is 2.35. The molecule has 310 valence electrons. The van der Waals surface area contributed by atoms with Crippen molar-refractivity contribution in [2.45, 2.75) is 137 Å². The monoisotopic (exact) mass is 790 g/mol. The normalized spacial score (nSPS) is 45.6. The number of carboxylic acids is 2. The van der Waals surface area contributed by atoms with Crippen molar-refractivity contribution in [3.8, 4) is 0 Å². The number of methoxy groups -OCH3 is 1. The lowest BCUT2D eigenvalue weighted by atomic mass is 9.94. The van der Waals surface area contributed by atoms with E-state index < -0.39 is 160 Å². The van der Waals surface area contributed by atoms with E-state index in [2.05, 4.69) is 10.6 Å². The number of ether oxygens (including phenoxy) is 8. The predicted octanol–water partition coefficient (Wildman–Crippen LogP) is -8.62. The minimum absolute atomic E-state index is 0.746. The Morgan fingerprint density at radius 2 is 0.944 bits per heavy atom. The Morgan fingerprint density at radius 1 is 0.537 bits per heavy atom. The third-order valence-electron chi connectivity index (χ3n) is 9.19. The summed E-state index contributed by atoms with van der Waals surface area (Å²) in [7, 11) is 1.04. The maximum atomic E-state index is 12.5. The predicted molar refractivity (Wildman–Crippen MR) is 163 cm³/mol. The van der Waals surface area contributed by atoms with Crippen LogP contribution in [0.3, 0.4) is 0 Å². The van der Waals surface area contributed by atoms with Gasteiger partial charge in [-0.2, -0.15) is 0 Å². The zero-order valence-electron chi connectivity index (χ0n) is 28.8. The summed E-state index contributed by atoms with van der Waals surface area (Å²) in [5.74, 6) is -5.10. The lowest BCUT2D eigenvalue weighted by Crippen LogP contribution is -2.70. The fourth-order valence-electron chi connectivity index (χ4n) is 6.54.